The minimum Gasteiger partial charge on any atom is -0.341 e. The Morgan fingerprint density at radius 2 is 1.80 bits per heavy atom. The number of amides is 1. The van der Waals surface area contributed by atoms with Crippen molar-refractivity contribution in [2.45, 2.75) is 57.0 Å². The van der Waals surface area contributed by atoms with E-state index >= 15 is 0 Å². The largest absolute Gasteiger partial charge is 0.341 e. The van der Waals surface area contributed by atoms with Gasteiger partial charge >= 0.3 is 0 Å². The van der Waals surface area contributed by atoms with Crippen LogP contribution in [0.4, 0.5) is 0 Å². The lowest BCUT2D eigenvalue weighted by molar-refractivity contribution is -0.135. The minimum absolute atomic E-state index is 0.0696. The highest BCUT2D eigenvalue weighted by Crippen LogP contribution is 2.35. The van der Waals surface area contributed by atoms with E-state index in [9.17, 15) is 4.79 Å². The summed E-state index contributed by atoms with van der Waals surface area (Å²) in [6, 6.07) is 4.59. The molecule has 158 valence electrons. The van der Waals surface area contributed by atoms with Gasteiger partial charge in [0.05, 0.1) is 0 Å². The van der Waals surface area contributed by atoms with Crippen molar-refractivity contribution in [1.82, 2.24) is 30.7 Å². The second kappa shape index (κ2) is 8.40. The van der Waals surface area contributed by atoms with Crippen molar-refractivity contribution in [3.8, 4) is 11.1 Å². The lowest BCUT2D eigenvalue weighted by atomic mass is 9.76. The maximum atomic E-state index is 13.2. The van der Waals surface area contributed by atoms with Gasteiger partial charge in [0.25, 0.3) is 0 Å². The summed E-state index contributed by atoms with van der Waals surface area (Å²) in [6.45, 7) is 3.93. The van der Waals surface area contributed by atoms with Crippen LogP contribution in [-0.2, 0) is 4.79 Å². The van der Waals surface area contributed by atoms with E-state index < -0.39 is 0 Å². The molecule has 0 spiro atoms. The van der Waals surface area contributed by atoms with E-state index in [2.05, 4.69) is 44.8 Å². The van der Waals surface area contributed by atoms with Gasteiger partial charge in [-0.25, -0.2) is 15.4 Å². The van der Waals surface area contributed by atoms with Crippen molar-refractivity contribution in [2.24, 2.45) is 11.8 Å². The van der Waals surface area contributed by atoms with Gasteiger partial charge in [0, 0.05) is 66.4 Å². The fourth-order valence-electron chi connectivity index (χ4n) is 5.38. The normalized spacial score (nSPS) is 29.6. The van der Waals surface area contributed by atoms with E-state index in [4.69, 9.17) is 4.98 Å². The molecule has 2 aromatic heterocycles. The van der Waals surface area contributed by atoms with E-state index in [-0.39, 0.29) is 11.9 Å². The third-order valence-corrected chi connectivity index (χ3v) is 7.19. The van der Waals surface area contributed by atoms with Crippen LogP contribution in [0.2, 0.25) is 0 Å². The summed E-state index contributed by atoms with van der Waals surface area (Å²) in [6.07, 6.45) is 12.5. The Kier molecular flexibility index (Phi) is 5.48. The second-order valence-corrected chi connectivity index (χ2v) is 9.15. The van der Waals surface area contributed by atoms with E-state index in [1.807, 2.05) is 6.20 Å². The molecule has 30 heavy (non-hydrogen) atoms. The maximum Gasteiger partial charge on any atom is 0.241 e. The van der Waals surface area contributed by atoms with Crippen molar-refractivity contribution >= 4 is 5.91 Å². The summed E-state index contributed by atoms with van der Waals surface area (Å²) in [5, 5.41) is 0. The molecule has 2 saturated heterocycles. The van der Waals surface area contributed by atoms with E-state index in [1.165, 1.54) is 19.2 Å². The van der Waals surface area contributed by atoms with Gasteiger partial charge < -0.3 is 4.90 Å². The SMILES string of the molecule is CC1CCC2NNC(C(=O)N3CCC(c4ccc(-c5cncnc5)cn4)CC3)C2C1. The number of pyridine rings is 1. The fraction of sp³-hybridized carbons (Fsp3) is 0.565. The molecule has 1 amide bonds. The van der Waals surface area contributed by atoms with E-state index in [0.29, 0.717) is 23.8 Å². The van der Waals surface area contributed by atoms with Crippen molar-refractivity contribution in [2.75, 3.05) is 13.1 Å². The highest BCUT2D eigenvalue weighted by molar-refractivity contribution is 5.82. The number of fused-ring (bicyclic) bond motifs is 1. The first-order valence-electron chi connectivity index (χ1n) is 11.2. The molecule has 2 N–H and O–H groups in total. The minimum atomic E-state index is -0.0696. The average Bonchev–Trinajstić information content (AvgIpc) is 3.22. The number of hydrazine groups is 1. The Morgan fingerprint density at radius 1 is 1.00 bits per heavy atom. The van der Waals surface area contributed by atoms with Crippen molar-refractivity contribution in [3.63, 3.8) is 0 Å². The topological polar surface area (TPSA) is 83.0 Å². The molecule has 3 fully saturated rings. The first-order valence-corrected chi connectivity index (χ1v) is 11.2. The van der Waals surface area contributed by atoms with Gasteiger partial charge in [0.15, 0.2) is 0 Å². The lowest BCUT2D eigenvalue weighted by Gasteiger charge is -2.36. The van der Waals surface area contributed by atoms with Crippen LogP contribution in [0.5, 0.6) is 0 Å². The molecule has 4 heterocycles. The number of nitrogens with zero attached hydrogens (tertiary/aromatic N) is 4. The summed E-state index contributed by atoms with van der Waals surface area (Å²) >= 11 is 0. The summed E-state index contributed by atoms with van der Waals surface area (Å²) in [5.41, 5.74) is 9.83. The average molecular weight is 407 g/mol. The Labute approximate surface area is 177 Å². The summed E-state index contributed by atoms with van der Waals surface area (Å²) in [5.74, 6) is 1.82. The Hall–Kier alpha value is -2.38. The number of hydrogen-bond donors (Lipinski definition) is 2. The van der Waals surface area contributed by atoms with E-state index in [1.54, 1.807) is 12.4 Å². The molecular weight excluding hydrogens is 376 g/mol. The van der Waals surface area contributed by atoms with Gasteiger partial charge in [0.1, 0.15) is 12.4 Å². The van der Waals surface area contributed by atoms with Crippen LogP contribution in [0.3, 0.4) is 0 Å². The molecule has 0 aromatic carbocycles. The zero-order valence-electron chi connectivity index (χ0n) is 17.5. The number of rotatable bonds is 3. The van der Waals surface area contributed by atoms with Crippen molar-refractivity contribution in [1.29, 1.82) is 0 Å². The zero-order chi connectivity index (χ0) is 20.5. The van der Waals surface area contributed by atoms with Gasteiger partial charge in [-0.05, 0) is 44.1 Å². The predicted molar refractivity (Wildman–Crippen MR) is 114 cm³/mol. The van der Waals surface area contributed by atoms with Gasteiger partial charge in [-0.2, -0.15) is 0 Å². The fourth-order valence-corrected chi connectivity index (χ4v) is 5.38. The molecule has 2 aliphatic heterocycles. The quantitative estimate of drug-likeness (QED) is 0.815. The third kappa shape index (κ3) is 3.84. The Bertz CT molecular complexity index is 865. The second-order valence-electron chi connectivity index (χ2n) is 9.15. The molecule has 2 aromatic rings. The van der Waals surface area contributed by atoms with Gasteiger partial charge in [-0.15, -0.1) is 0 Å². The van der Waals surface area contributed by atoms with Crippen LogP contribution < -0.4 is 10.9 Å². The number of carbonyl (C=O) groups excluding carboxylic acids is 1. The molecule has 5 rings (SSSR count). The maximum absolute atomic E-state index is 13.2. The smallest absolute Gasteiger partial charge is 0.241 e. The van der Waals surface area contributed by atoms with Crippen LogP contribution in [0, 0.1) is 11.8 Å². The van der Waals surface area contributed by atoms with Gasteiger partial charge in [0.2, 0.25) is 5.91 Å². The highest BCUT2D eigenvalue weighted by Gasteiger charge is 2.44. The zero-order valence-corrected chi connectivity index (χ0v) is 17.5. The molecule has 4 atom stereocenters. The van der Waals surface area contributed by atoms with Gasteiger partial charge in [-0.3, -0.25) is 15.2 Å². The Morgan fingerprint density at radius 3 is 2.53 bits per heavy atom. The number of nitrogens with one attached hydrogen (secondary N) is 2. The molecule has 7 nitrogen and oxygen atoms in total. The number of piperidine rings is 1. The predicted octanol–water partition coefficient (Wildman–Crippen LogP) is 2.53. The first kappa shape index (κ1) is 19.6. The van der Waals surface area contributed by atoms with Crippen molar-refractivity contribution in [3.05, 3.63) is 42.7 Å². The molecular formula is C23H30N6O. The van der Waals surface area contributed by atoms with Crippen LogP contribution in [0.1, 0.15) is 50.6 Å². The van der Waals surface area contributed by atoms with Crippen molar-refractivity contribution < 1.29 is 4.79 Å². The third-order valence-electron chi connectivity index (χ3n) is 7.19. The monoisotopic (exact) mass is 406 g/mol. The number of aromatic nitrogens is 3. The number of likely N-dealkylation sites (tertiary alicyclic amines) is 1. The molecule has 0 radical (unpaired) electrons. The lowest BCUT2D eigenvalue weighted by Crippen LogP contribution is -2.50. The first-order chi connectivity index (χ1) is 14.7. The standard InChI is InChI=1S/C23H30N6O/c1-15-2-4-21-19(10-15)22(28-27-21)23(30)29-8-6-16(7-9-29)20-5-3-17(13-26-20)18-11-24-14-25-12-18/h3,5,11-16,19,21-22,27-28H,2,4,6-10H2,1H3. The molecule has 4 unspecified atom stereocenters. The summed E-state index contributed by atoms with van der Waals surface area (Å²) in [7, 11) is 0. The summed E-state index contributed by atoms with van der Waals surface area (Å²) < 4.78 is 0. The van der Waals surface area contributed by atoms with Gasteiger partial charge in [-0.1, -0.05) is 13.0 Å². The molecule has 1 aliphatic carbocycles. The molecule has 7 heteroatoms. The molecule has 0 bridgehead atoms. The van der Waals surface area contributed by atoms with Crippen LogP contribution in [0.15, 0.2) is 37.1 Å². The Balaban J connectivity index is 1.19. The molecule has 3 aliphatic rings. The van der Waals surface area contributed by atoms with E-state index in [0.717, 1.165) is 49.2 Å². The van der Waals surface area contributed by atoms with Crippen LogP contribution >= 0.6 is 0 Å². The number of carbonyl (C=O) groups is 1. The van der Waals surface area contributed by atoms with Crippen LogP contribution in [0.25, 0.3) is 11.1 Å². The van der Waals surface area contributed by atoms with Crippen LogP contribution in [-0.4, -0.2) is 50.9 Å². The summed E-state index contributed by atoms with van der Waals surface area (Å²) in [4.78, 5) is 28.1. The highest BCUT2D eigenvalue weighted by atomic mass is 16.2. The molecule has 1 saturated carbocycles. The number of hydrogen-bond acceptors (Lipinski definition) is 6.